The van der Waals surface area contributed by atoms with Crippen LogP contribution in [0, 0.1) is 15.9 Å². The van der Waals surface area contributed by atoms with Crippen LogP contribution in [0.25, 0.3) is 10.9 Å². The molecule has 0 bridgehead atoms. The molecule has 1 aromatic heterocycles. The Morgan fingerprint density at radius 1 is 1.12 bits per heavy atom. The molecular formula is C17H13FN4O2. The first-order valence-corrected chi connectivity index (χ1v) is 7.53. The highest BCUT2D eigenvalue weighted by Crippen LogP contribution is 2.29. The Hall–Kier alpha value is -3.09. The number of nitro groups is 1. The van der Waals surface area contributed by atoms with Crippen LogP contribution in [0.1, 0.15) is 11.1 Å². The van der Waals surface area contributed by atoms with Crippen molar-refractivity contribution in [2.45, 2.75) is 18.9 Å². The maximum Gasteiger partial charge on any atom is 0.269 e. The molecule has 3 aromatic rings. The normalized spacial score (nSPS) is 16.1. The van der Waals surface area contributed by atoms with Gasteiger partial charge in [-0.1, -0.05) is 6.07 Å². The molecule has 0 radical (unpaired) electrons. The van der Waals surface area contributed by atoms with E-state index in [9.17, 15) is 14.5 Å². The van der Waals surface area contributed by atoms with E-state index in [2.05, 4.69) is 15.3 Å². The van der Waals surface area contributed by atoms with Gasteiger partial charge >= 0.3 is 0 Å². The van der Waals surface area contributed by atoms with Gasteiger partial charge in [0.25, 0.3) is 5.69 Å². The molecule has 1 aliphatic rings. The van der Waals surface area contributed by atoms with Gasteiger partial charge in [0, 0.05) is 29.6 Å². The number of halogens is 1. The highest BCUT2D eigenvalue weighted by molar-refractivity contribution is 5.88. The van der Waals surface area contributed by atoms with Gasteiger partial charge in [-0.15, -0.1) is 0 Å². The summed E-state index contributed by atoms with van der Waals surface area (Å²) in [4.78, 5) is 18.8. The number of benzene rings is 2. The highest BCUT2D eigenvalue weighted by Gasteiger charge is 2.24. The van der Waals surface area contributed by atoms with Crippen molar-refractivity contribution in [1.29, 1.82) is 0 Å². The number of nitrogens with one attached hydrogen (secondary N) is 1. The molecule has 1 heterocycles. The van der Waals surface area contributed by atoms with Crippen molar-refractivity contribution in [2.24, 2.45) is 0 Å². The van der Waals surface area contributed by atoms with Crippen LogP contribution < -0.4 is 5.32 Å². The van der Waals surface area contributed by atoms with Crippen molar-refractivity contribution < 1.29 is 9.31 Å². The van der Waals surface area contributed by atoms with Gasteiger partial charge in [0.05, 0.1) is 10.4 Å². The van der Waals surface area contributed by atoms with Gasteiger partial charge in [0.1, 0.15) is 18.0 Å². The summed E-state index contributed by atoms with van der Waals surface area (Å²) >= 11 is 0. The highest BCUT2D eigenvalue weighted by atomic mass is 19.1. The number of aromatic nitrogens is 2. The van der Waals surface area contributed by atoms with Gasteiger partial charge in [-0.3, -0.25) is 10.1 Å². The fourth-order valence-electron chi connectivity index (χ4n) is 3.16. The van der Waals surface area contributed by atoms with Crippen LogP contribution in [0.5, 0.6) is 0 Å². The number of non-ortho nitro benzene ring substituents is 1. The molecule has 1 atom stereocenters. The molecule has 0 amide bonds. The summed E-state index contributed by atoms with van der Waals surface area (Å²) in [7, 11) is 0. The number of fused-ring (bicyclic) bond motifs is 2. The molecular weight excluding hydrogens is 311 g/mol. The van der Waals surface area contributed by atoms with E-state index in [1.54, 1.807) is 12.1 Å². The predicted molar refractivity (Wildman–Crippen MR) is 87.4 cm³/mol. The Bertz CT molecular complexity index is 960. The van der Waals surface area contributed by atoms with Gasteiger partial charge in [0.15, 0.2) is 0 Å². The number of hydrogen-bond acceptors (Lipinski definition) is 5. The second-order valence-corrected chi connectivity index (χ2v) is 5.84. The third-order valence-electron chi connectivity index (χ3n) is 4.27. The molecule has 7 heteroatoms. The van der Waals surface area contributed by atoms with Crippen LogP contribution in [-0.4, -0.2) is 20.9 Å². The van der Waals surface area contributed by atoms with Crippen molar-refractivity contribution in [2.75, 3.05) is 5.32 Å². The summed E-state index contributed by atoms with van der Waals surface area (Å²) in [5.41, 5.74) is 2.73. The van der Waals surface area contributed by atoms with Gasteiger partial charge < -0.3 is 5.32 Å². The molecule has 1 unspecified atom stereocenters. The Balaban J connectivity index is 1.60. The second-order valence-electron chi connectivity index (χ2n) is 5.84. The van der Waals surface area contributed by atoms with Gasteiger partial charge in [-0.2, -0.15) is 0 Å². The lowest BCUT2D eigenvalue weighted by Gasteiger charge is -2.14. The number of nitro benzene ring substituents is 1. The Labute approximate surface area is 136 Å². The average Bonchev–Trinajstić information content (AvgIpc) is 2.96. The van der Waals surface area contributed by atoms with E-state index in [1.165, 1.54) is 24.5 Å². The molecule has 0 aliphatic heterocycles. The molecule has 0 saturated heterocycles. The topological polar surface area (TPSA) is 81.0 Å². The minimum atomic E-state index is -0.381. The van der Waals surface area contributed by atoms with Gasteiger partial charge in [-0.05, 0) is 36.1 Å². The Morgan fingerprint density at radius 3 is 2.79 bits per heavy atom. The summed E-state index contributed by atoms with van der Waals surface area (Å²) in [6, 6.07) is 9.46. The lowest BCUT2D eigenvalue weighted by molar-refractivity contribution is -0.384. The lowest BCUT2D eigenvalue weighted by atomic mass is 10.1. The van der Waals surface area contributed by atoms with E-state index in [4.69, 9.17) is 0 Å². The Morgan fingerprint density at radius 2 is 1.96 bits per heavy atom. The van der Waals surface area contributed by atoms with Crippen molar-refractivity contribution in [3.05, 3.63) is 69.8 Å². The molecule has 6 nitrogen and oxygen atoms in total. The van der Waals surface area contributed by atoms with Gasteiger partial charge in [0.2, 0.25) is 0 Å². The fourth-order valence-corrected chi connectivity index (χ4v) is 3.16. The SMILES string of the molecule is O=[N+]([O-])c1ccc2c(c1)CC(Nc1ncnc3cc(F)ccc13)C2. The number of anilines is 1. The van der Waals surface area contributed by atoms with Crippen molar-refractivity contribution in [3.8, 4) is 0 Å². The maximum atomic E-state index is 13.3. The molecule has 1 aliphatic carbocycles. The van der Waals surface area contributed by atoms with E-state index < -0.39 is 0 Å². The first kappa shape index (κ1) is 14.5. The number of hydrogen-bond donors (Lipinski definition) is 1. The average molecular weight is 324 g/mol. The molecule has 1 N–H and O–H groups in total. The predicted octanol–water partition coefficient (Wildman–Crippen LogP) is 3.26. The zero-order valence-electron chi connectivity index (χ0n) is 12.6. The quantitative estimate of drug-likeness (QED) is 0.591. The van der Waals surface area contributed by atoms with Crippen LogP contribution in [0.4, 0.5) is 15.9 Å². The van der Waals surface area contributed by atoms with Crippen LogP contribution in [0.3, 0.4) is 0 Å². The fraction of sp³-hybridized carbons (Fsp3) is 0.176. The zero-order valence-corrected chi connectivity index (χ0v) is 12.6. The van der Waals surface area contributed by atoms with Crippen LogP contribution in [-0.2, 0) is 12.8 Å². The number of rotatable bonds is 3. The minimum Gasteiger partial charge on any atom is -0.366 e. The van der Waals surface area contributed by atoms with Crippen molar-refractivity contribution in [1.82, 2.24) is 9.97 Å². The maximum absolute atomic E-state index is 13.3. The second kappa shape index (κ2) is 5.52. The molecule has 24 heavy (non-hydrogen) atoms. The van der Waals surface area contributed by atoms with E-state index in [1.807, 2.05) is 6.07 Å². The largest absolute Gasteiger partial charge is 0.366 e. The standard InChI is InChI=1S/C17H13FN4O2/c18-12-2-4-15-16(8-12)19-9-20-17(15)21-13-5-10-1-3-14(22(23)24)7-11(10)6-13/h1-4,7-9,13H,5-6H2,(H,19,20,21). The van der Waals surface area contributed by atoms with E-state index in [0.717, 1.165) is 22.9 Å². The molecule has 4 rings (SSSR count). The third-order valence-corrected chi connectivity index (χ3v) is 4.27. The first-order valence-electron chi connectivity index (χ1n) is 7.53. The minimum absolute atomic E-state index is 0.0881. The van der Waals surface area contributed by atoms with Crippen molar-refractivity contribution in [3.63, 3.8) is 0 Å². The summed E-state index contributed by atoms with van der Waals surface area (Å²) in [6.07, 6.45) is 2.85. The molecule has 120 valence electrons. The third kappa shape index (κ3) is 2.54. The Kier molecular flexibility index (Phi) is 3.34. The summed E-state index contributed by atoms with van der Waals surface area (Å²) in [5, 5.41) is 15.0. The summed E-state index contributed by atoms with van der Waals surface area (Å²) in [6.45, 7) is 0. The van der Waals surface area contributed by atoms with Crippen molar-refractivity contribution >= 4 is 22.4 Å². The number of nitrogens with zero attached hydrogens (tertiary/aromatic N) is 3. The smallest absolute Gasteiger partial charge is 0.269 e. The van der Waals surface area contributed by atoms with Crippen LogP contribution >= 0.6 is 0 Å². The van der Waals surface area contributed by atoms with E-state index >= 15 is 0 Å². The van der Waals surface area contributed by atoms with Gasteiger partial charge in [-0.25, -0.2) is 14.4 Å². The van der Waals surface area contributed by atoms with Crippen LogP contribution in [0.15, 0.2) is 42.7 Å². The molecule has 2 aromatic carbocycles. The molecule has 0 saturated carbocycles. The van der Waals surface area contributed by atoms with Crippen LogP contribution in [0.2, 0.25) is 0 Å². The van der Waals surface area contributed by atoms with E-state index in [-0.39, 0.29) is 22.5 Å². The first-order chi connectivity index (χ1) is 11.6. The van der Waals surface area contributed by atoms with E-state index in [0.29, 0.717) is 17.8 Å². The summed E-state index contributed by atoms with van der Waals surface area (Å²) in [5.74, 6) is 0.306. The monoisotopic (exact) mass is 324 g/mol. The lowest BCUT2D eigenvalue weighted by Crippen LogP contribution is -2.20. The summed E-state index contributed by atoms with van der Waals surface area (Å²) < 4.78 is 13.3. The molecule has 0 fully saturated rings. The zero-order chi connectivity index (χ0) is 16.7. The molecule has 0 spiro atoms.